The van der Waals surface area contributed by atoms with E-state index < -0.39 is 77.6 Å². The van der Waals surface area contributed by atoms with E-state index in [-0.39, 0.29) is 12.0 Å². The van der Waals surface area contributed by atoms with Crippen molar-refractivity contribution in [3.8, 4) is 0 Å². The van der Waals surface area contributed by atoms with Crippen LogP contribution in [0.25, 0.3) is 0 Å². The Kier molecular flexibility index (Phi) is 12.3. The van der Waals surface area contributed by atoms with Crippen LogP contribution >= 0.6 is 0 Å². The number of carbonyl (C=O) groups is 4. The maximum absolute atomic E-state index is 13.1. The van der Waals surface area contributed by atoms with Gasteiger partial charge in [0.15, 0.2) is 12.2 Å². The van der Waals surface area contributed by atoms with Gasteiger partial charge in [-0.15, -0.1) is 0 Å². The number of ether oxygens (including phenoxy) is 6. The fraction of sp³-hybridized carbons (Fsp3) is 0.636. The van der Waals surface area contributed by atoms with Gasteiger partial charge in [-0.1, -0.05) is 24.8 Å². The van der Waals surface area contributed by atoms with Gasteiger partial charge >= 0.3 is 23.9 Å². The van der Waals surface area contributed by atoms with Crippen molar-refractivity contribution in [3.05, 3.63) is 47.1 Å². The topological polar surface area (TPSA) is 147 Å². The molecule has 0 aromatic carbocycles. The Morgan fingerprint density at radius 3 is 1.86 bits per heavy atom. The lowest BCUT2D eigenvalue weighted by atomic mass is 9.71. The molecule has 0 radical (unpaired) electrons. The van der Waals surface area contributed by atoms with Crippen molar-refractivity contribution in [2.45, 2.75) is 123 Å². The van der Waals surface area contributed by atoms with E-state index in [1.807, 2.05) is 0 Å². The van der Waals surface area contributed by atoms with E-state index in [9.17, 15) is 24.3 Å². The highest BCUT2D eigenvalue weighted by atomic mass is 16.7. The first-order valence-electron chi connectivity index (χ1n) is 14.7. The van der Waals surface area contributed by atoms with Crippen molar-refractivity contribution >= 4 is 23.9 Å². The van der Waals surface area contributed by atoms with Gasteiger partial charge in [-0.3, -0.25) is 4.79 Å². The van der Waals surface area contributed by atoms with Gasteiger partial charge in [-0.05, 0) is 67.9 Å². The predicted molar refractivity (Wildman–Crippen MR) is 161 cm³/mol. The van der Waals surface area contributed by atoms with Crippen LogP contribution in [0.2, 0.25) is 0 Å². The summed E-state index contributed by atoms with van der Waals surface area (Å²) >= 11 is 0. The molecule has 246 valence electrons. The first-order valence-corrected chi connectivity index (χ1v) is 14.7. The fourth-order valence-electron chi connectivity index (χ4n) is 4.93. The summed E-state index contributed by atoms with van der Waals surface area (Å²) in [6, 6.07) is 0. The van der Waals surface area contributed by atoms with Crippen LogP contribution in [0.15, 0.2) is 47.1 Å². The number of carbonyl (C=O) groups excluding carboxylic acids is 4. The van der Waals surface area contributed by atoms with E-state index >= 15 is 0 Å². The number of esters is 4. The molecule has 1 heterocycles. The molecule has 0 bridgehead atoms. The van der Waals surface area contributed by atoms with Crippen molar-refractivity contribution in [2.24, 2.45) is 5.92 Å². The predicted octanol–water partition coefficient (Wildman–Crippen LogP) is 4.07. The summed E-state index contributed by atoms with van der Waals surface area (Å²) in [7, 11) is 1.44. The number of epoxide rings is 1. The summed E-state index contributed by atoms with van der Waals surface area (Å²) in [5.74, 6) is -3.75. The molecule has 1 aliphatic heterocycles. The average Bonchev–Trinajstić information content (AvgIpc) is 3.68. The summed E-state index contributed by atoms with van der Waals surface area (Å²) in [6.07, 6.45) is -2.03. The lowest BCUT2D eigenvalue weighted by Crippen LogP contribution is -2.60. The van der Waals surface area contributed by atoms with Crippen molar-refractivity contribution in [1.82, 2.24) is 0 Å². The molecule has 1 N–H and O–H groups in total. The first kappa shape index (κ1) is 36.9. The van der Waals surface area contributed by atoms with Crippen LogP contribution in [-0.4, -0.2) is 83.9 Å². The smallest absolute Gasteiger partial charge is 0.333 e. The Morgan fingerprint density at radius 1 is 0.886 bits per heavy atom. The molecular weight excluding hydrogens is 572 g/mol. The highest BCUT2D eigenvalue weighted by Gasteiger charge is 2.74. The minimum Gasteiger partial charge on any atom is -0.458 e. The molecule has 0 spiro atoms. The Balaban J connectivity index is 2.74. The Bertz CT molecular complexity index is 1230. The number of rotatable bonds is 13. The molecule has 11 nitrogen and oxygen atoms in total. The molecule has 1 saturated carbocycles. The molecule has 8 atom stereocenters. The SMILES string of the molecule is C=C(C(CC(O)C(C)(C)OC)OC(=O)C(C)=CC)C1C(OC(C)=O)C(OC(=O)C(C)=CC)C2(C)OC2C1OC(=O)C(C)=CC. The molecule has 0 amide bonds. The van der Waals surface area contributed by atoms with E-state index in [0.717, 1.165) is 0 Å². The molecule has 44 heavy (non-hydrogen) atoms. The quantitative estimate of drug-likeness (QED) is 0.104. The van der Waals surface area contributed by atoms with E-state index in [4.69, 9.17) is 28.4 Å². The van der Waals surface area contributed by atoms with Gasteiger partial charge in [-0.25, -0.2) is 14.4 Å². The lowest BCUT2D eigenvalue weighted by molar-refractivity contribution is -0.186. The third kappa shape index (κ3) is 8.05. The molecule has 0 aromatic heterocycles. The number of fused-ring (bicyclic) bond motifs is 1. The van der Waals surface area contributed by atoms with Crippen LogP contribution in [0.3, 0.4) is 0 Å². The number of aliphatic hydroxyl groups excluding tert-OH is 1. The zero-order valence-electron chi connectivity index (χ0n) is 27.7. The van der Waals surface area contributed by atoms with Crippen LogP contribution in [0.1, 0.15) is 75.7 Å². The second-order valence-electron chi connectivity index (χ2n) is 12.0. The zero-order valence-corrected chi connectivity index (χ0v) is 27.7. The molecule has 1 aliphatic carbocycles. The monoisotopic (exact) mass is 620 g/mol. The molecular formula is C33H48O11. The van der Waals surface area contributed by atoms with Gasteiger partial charge < -0.3 is 33.5 Å². The summed E-state index contributed by atoms with van der Waals surface area (Å²) in [5, 5.41) is 11.1. The molecule has 2 aliphatic rings. The van der Waals surface area contributed by atoms with Crippen molar-refractivity contribution in [3.63, 3.8) is 0 Å². The molecule has 8 unspecified atom stereocenters. The largest absolute Gasteiger partial charge is 0.458 e. The summed E-state index contributed by atoms with van der Waals surface area (Å²) < 4.78 is 35.1. The Labute approximate surface area is 260 Å². The minimum atomic E-state index is -1.27. The highest BCUT2D eigenvalue weighted by molar-refractivity contribution is 5.89. The van der Waals surface area contributed by atoms with Gasteiger partial charge in [0.05, 0.1) is 17.6 Å². The number of aliphatic hydroxyl groups is 1. The summed E-state index contributed by atoms with van der Waals surface area (Å²) in [5.41, 5.74) is -1.11. The normalized spacial score (nSPS) is 28.6. The molecule has 2 fully saturated rings. The highest BCUT2D eigenvalue weighted by Crippen LogP contribution is 2.55. The zero-order chi connectivity index (χ0) is 33.7. The van der Waals surface area contributed by atoms with Crippen LogP contribution in [0.5, 0.6) is 0 Å². The van der Waals surface area contributed by atoms with Crippen LogP contribution in [0, 0.1) is 5.92 Å². The number of hydrogen-bond acceptors (Lipinski definition) is 11. The first-order chi connectivity index (χ1) is 20.4. The van der Waals surface area contributed by atoms with Crippen molar-refractivity contribution in [1.29, 1.82) is 0 Å². The number of hydrogen-bond donors (Lipinski definition) is 1. The second-order valence-corrected chi connectivity index (χ2v) is 12.0. The standard InChI is InChI=1S/C33H48O11/c1-13-17(4)29(36)41-22(16-23(35)32(9,10)39-12)20(7)24-25(40-21(8)34)27(43-31(38)19(6)15-3)33(11)28(44-33)26(24)42-30(37)18(5)14-2/h13-15,22-28,35H,7,16H2,1-6,8-12H3. The number of allylic oxidation sites excluding steroid dienone is 3. The Morgan fingerprint density at radius 2 is 1.39 bits per heavy atom. The molecule has 1 saturated heterocycles. The molecule has 0 aromatic rings. The molecule has 11 heteroatoms. The summed E-state index contributed by atoms with van der Waals surface area (Å²) in [4.78, 5) is 51.6. The maximum atomic E-state index is 13.1. The van der Waals surface area contributed by atoms with Crippen molar-refractivity contribution in [2.75, 3.05) is 7.11 Å². The van der Waals surface area contributed by atoms with Gasteiger partial charge in [0, 0.05) is 37.2 Å². The van der Waals surface area contributed by atoms with E-state index in [2.05, 4.69) is 6.58 Å². The van der Waals surface area contributed by atoms with Gasteiger partial charge in [0.2, 0.25) is 0 Å². The van der Waals surface area contributed by atoms with E-state index in [1.165, 1.54) is 14.0 Å². The maximum Gasteiger partial charge on any atom is 0.333 e. The van der Waals surface area contributed by atoms with E-state index in [0.29, 0.717) is 16.7 Å². The molecule has 2 rings (SSSR count). The van der Waals surface area contributed by atoms with Crippen LogP contribution in [-0.2, 0) is 47.6 Å². The van der Waals surface area contributed by atoms with Crippen LogP contribution in [0.4, 0.5) is 0 Å². The van der Waals surface area contributed by atoms with Crippen LogP contribution < -0.4 is 0 Å². The van der Waals surface area contributed by atoms with Gasteiger partial charge in [0.1, 0.15) is 23.9 Å². The lowest BCUT2D eigenvalue weighted by Gasteiger charge is -2.44. The second kappa shape index (κ2) is 14.7. The van der Waals surface area contributed by atoms with Gasteiger partial charge in [0.25, 0.3) is 0 Å². The fourth-order valence-corrected chi connectivity index (χ4v) is 4.93. The Hall–Kier alpha value is -3.28. The third-order valence-electron chi connectivity index (χ3n) is 8.66. The van der Waals surface area contributed by atoms with E-state index in [1.54, 1.807) is 80.5 Å². The third-order valence-corrected chi connectivity index (χ3v) is 8.66. The average molecular weight is 621 g/mol. The van der Waals surface area contributed by atoms with Gasteiger partial charge in [-0.2, -0.15) is 0 Å². The minimum absolute atomic E-state index is 0.162. The van der Waals surface area contributed by atoms with Crippen molar-refractivity contribution < 1.29 is 52.7 Å². The number of methoxy groups -OCH3 is 1. The summed E-state index contributed by atoms with van der Waals surface area (Å²) in [6.45, 7) is 20.3.